The summed E-state index contributed by atoms with van der Waals surface area (Å²) in [6.45, 7) is 4.86. The predicted octanol–water partition coefficient (Wildman–Crippen LogP) is 2.31. The molecule has 1 aliphatic heterocycles. The standard InChI is InChI=1S/C24H34N4O4S/c1-26-15-17-27(18-16-26)21-8-6-20(7-9-21)19-25-24(29)5-4-14-28(33(3,30)31)22-10-12-23(32-2)13-11-22/h6-13H,4-5,14-19H2,1-3H3,(H,25,29). The fourth-order valence-electron chi connectivity index (χ4n) is 3.80. The van der Waals surface area contributed by atoms with E-state index in [1.54, 1.807) is 31.4 Å². The van der Waals surface area contributed by atoms with E-state index in [9.17, 15) is 13.2 Å². The maximum atomic E-state index is 12.3. The van der Waals surface area contributed by atoms with Gasteiger partial charge in [0, 0.05) is 51.4 Å². The molecule has 2 aromatic rings. The normalized spacial score (nSPS) is 14.7. The number of ether oxygens (including phenoxy) is 1. The van der Waals surface area contributed by atoms with Crippen LogP contribution in [0.1, 0.15) is 18.4 Å². The summed E-state index contributed by atoms with van der Waals surface area (Å²) in [6, 6.07) is 15.1. The van der Waals surface area contributed by atoms with E-state index in [2.05, 4.69) is 34.3 Å². The second-order valence-electron chi connectivity index (χ2n) is 8.37. The third-order valence-electron chi connectivity index (χ3n) is 5.82. The second kappa shape index (κ2) is 11.4. The Labute approximate surface area is 197 Å². The molecule has 33 heavy (non-hydrogen) atoms. The van der Waals surface area contributed by atoms with Gasteiger partial charge in [0.2, 0.25) is 15.9 Å². The molecule has 9 heteroatoms. The molecule has 8 nitrogen and oxygen atoms in total. The number of methoxy groups -OCH3 is 1. The highest BCUT2D eigenvalue weighted by Gasteiger charge is 2.18. The molecular weight excluding hydrogens is 440 g/mol. The molecule has 0 aliphatic carbocycles. The van der Waals surface area contributed by atoms with E-state index < -0.39 is 10.0 Å². The fraction of sp³-hybridized carbons (Fsp3) is 0.458. The molecule has 0 aromatic heterocycles. The molecule has 0 atom stereocenters. The number of nitrogens with one attached hydrogen (secondary N) is 1. The number of amides is 1. The monoisotopic (exact) mass is 474 g/mol. The number of likely N-dealkylation sites (N-methyl/N-ethyl adjacent to an activating group) is 1. The first kappa shape index (κ1) is 24.9. The number of hydrogen-bond donors (Lipinski definition) is 1. The summed E-state index contributed by atoms with van der Waals surface area (Å²) in [5.41, 5.74) is 2.80. The van der Waals surface area contributed by atoms with Crippen molar-refractivity contribution in [1.29, 1.82) is 0 Å². The van der Waals surface area contributed by atoms with Gasteiger partial charge in [0.25, 0.3) is 0 Å². The van der Waals surface area contributed by atoms with Crippen LogP contribution in [-0.4, -0.2) is 72.4 Å². The van der Waals surface area contributed by atoms with Crippen LogP contribution in [0, 0.1) is 0 Å². The van der Waals surface area contributed by atoms with Gasteiger partial charge in [0.15, 0.2) is 0 Å². The lowest BCUT2D eigenvalue weighted by molar-refractivity contribution is -0.121. The number of carbonyl (C=O) groups is 1. The summed E-state index contributed by atoms with van der Waals surface area (Å²) in [4.78, 5) is 17.0. The van der Waals surface area contributed by atoms with Crippen LogP contribution in [0.2, 0.25) is 0 Å². The number of anilines is 2. The SMILES string of the molecule is COc1ccc(N(CCCC(=O)NCc2ccc(N3CCN(C)CC3)cc2)S(C)(=O)=O)cc1. The van der Waals surface area contributed by atoms with Gasteiger partial charge in [-0.25, -0.2) is 8.42 Å². The second-order valence-corrected chi connectivity index (χ2v) is 10.3. The first-order chi connectivity index (χ1) is 15.8. The molecule has 1 N–H and O–H groups in total. The van der Waals surface area contributed by atoms with E-state index in [1.807, 2.05) is 12.1 Å². The number of piperazine rings is 1. The summed E-state index contributed by atoms with van der Waals surface area (Å²) in [7, 11) is 0.246. The van der Waals surface area contributed by atoms with Gasteiger partial charge in [0.1, 0.15) is 5.75 Å². The van der Waals surface area contributed by atoms with Gasteiger partial charge >= 0.3 is 0 Å². The quantitative estimate of drug-likeness (QED) is 0.569. The average Bonchev–Trinajstić information content (AvgIpc) is 2.81. The number of nitrogens with zero attached hydrogens (tertiary/aromatic N) is 3. The molecule has 2 aromatic carbocycles. The van der Waals surface area contributed by atoms with Crippen molar-refractivity contribution in [1.82, 2.24) is 10.2 Å². The summed E-state index contributed by atoms with van der Waals surface area (Å²) in [6.07, 6.45) is 1.85. The van der Waals surface area contributed by atoms with Gasteiger partial charge in [-0.1, -0.05) is 12.1 Å². The summed E-state index contributed by atoms with van der Waals surface area (Å²) in [5.74, 6) is 0.560. The number of carbonyl (C=O) groups excluding carboxylic acids is 1. The molecule has 180 valence electrons. The summed E-state index contributed by atoms with van der Waals surface area (Å²) >= 11 is 0. The Hall–Kier alpha value is -2.78. The Bertz CT molecular complexity index is 1000. The van der Waals surface area contributed by atoms with Gasteiger partial charge in [-0.3, -0.25) is 9.10 Å². The van der Waals surface area contributed by atoms with E-state index in [4.69, 9.17) is 4.74 Å². The van der Waals surface area contributed by atoms with Crippen LogP contribution in [0.15, 0.2) is 48.5 Å². The minimum absolute atomic E-state index is 0.0960. The van der Waals surface area contributed by atoms with Gasteiger partial charge in [-0.15, -0.1) is 0 Å². The van der Waals surface area contributed by atoms with Gasteiger partial charge < -0.3 is 19.9 Å². The molecule has 1 amide bonds. The van der Waals surface area contributed by atoms with E-state index >= 15 is 0 Å². The third kappa shape index (κ3) is 7.36. The molecule has 0 radical (unpaired) electrons. The van der Waals surface area contributed by atoms with Crippen molar-refractivity contribution in [2.75, 3.05) is 62.3 Å². The minimum Gasteiger partial charge on any atom is -0.497 e. The molecule has 0 spiro atoms. The zero-order valence-electron chi connectivity index (χ0n) is 19.7. The molecule has 0 saturated carbocycles. The average molecular weight is 475 g/mol. The lowest BCUT2D eigenvalue weighted by Gasteiger charge is -2.34. The largest absolute Gasteiger partial charge is 0.497 e. The maximum Gasteiger partial charge on any atom is 0.232 e. The van der Waals surface area contributed by atoms with Crippen molar-refractivity contribution >= 4 is 27.3 Å². The van der Waals surface area contributed by atoms with E-state index in [-0.39, 0.29) is 18.9 Å². The van der Waals surface area contributed by atoms with Crippen LogP contribution in [0.4, 0.5) is 11.4 Å². The molecule has 1 saturated heterocycles. The van der Waals surface area contributed by atoms with Crippen molar-refractivity contribution < 1.29 is 17.9 Å². The topological polar surface area (TPSA) is 82.2 Å². The fourth-order valence-corrected chi connectivity index (χ4v) is 4.76. The van der Waals surface area contributed by atoms with Gasteiger partial charge in [-0.2, -0.15) is 0 Å². The smallest absolute Gasteiger partial charge is 0.232 e. The number of sulfonamides is 1. The zero-order chi connectivity index (χ0) is 23.8. The highest BCUT2D eigenvalue weighted by Crippen LogP contribution is 2.22. The van der Waals surface area contributed by atoms with Crippen molar-refractivity contribution in [3.63, 3.8) is 0 Å². The first-order valence-corrected chi connectivity index (χ1v) is 13.0. The predicted molar refractivity (Wildman–Crippen MR) is 132 cm³/mol. The first-order valence-electron chi connectivity index (χ1n) is 11.2. The Morgan fingerprint density at radius 1 is 1.03 bits per heavy atom. The zero-order valence-corrected chi connectivity index (χ0v) is 20.5. The van der Waals surface area contributed by atoms with Crippen LogP contribution in [0.5, 0.6) is 5.75 Å². The van der Waals surface area contributed by atoms with Gasteiger partial charge in [0.05, 0.1) is 19.1 Å². The van der Waals surface area contributed by atoms with Gasteiger partial charge in [-0.05, 0) is 55.4 Å². The molecule has 0 unspecified atom stereocenters. The number of rotatable bonds is 10. The van der Waals surface area contributed by atoms with Crippen LogP contribution < -0.4 is 19.3 Å². The van der Waals surface area contributed by atoms with Crippen molar-refractivity contribution in [2.24, 2.45) is 0 Å². The van der Waals surface area contributed by atoms with Crippen molar-refractivity contribution in [2.45, 2.75) is 19.4 Å². The van der Waals surface area contributed by atoms with Crippen molar-refractivity contribution in [3.8, 4) is 5.75 Å². The van der Waals surface area contributed by atoms with Crippen molar-refractivity contribution in [3.05, 3.63) is 54.1 Å². The lowest BCUT2D eigenvalue weighted by atomic mass is 10.1. The number of hydrogen-bond acceptors (Lipinski definition) is 6. The molecule has 3 rings (SSSR count). The Morgan fingerprint density at radius 2 is 1.67 bits per heavy atom. The van der Waals surface area contributed by atoms with E-state index in [0.717, 1.165) is 31.7 Å². The van der Waals surface area contributed by atoms with E-state index in [0.29, 0.717) is 24.4 Å². The van der Waals surface area contributed by atoms with E-state index in [1.165, 1.54) is 16.2 Å². The van der Waals surface area contributed by atoms with Crippen LogP contribution in [-0.2, 0) is 21.4 Å². The molecule has 1 aliphatic rings. The Kier molecular flexibility index (Phi) is 8.57. The maximum absolute atomic E-state index is 12.3. The summed E-state index contributed by atoms with van der Waals surface area (Å²) < 4.78 is 30.9. The lowest BCUT2D eigenvalue weighted by Crippen LogP contribution is -2.44. The molecule has 1 heterocycles. The molecule has 0 bridgehead atoms. The van der Waals surface area contributed by atoms with Crippen LogP contribution in [0.25, 0.3) is 0 Å². The molecule has 1 fully saturated rings. The number of benzene rings is 2. The minimum atomic E-state index is -3.45. The highest BCUT2D eigenvalue weighted by molar-refractivity contribution is 7.92. The molecular formula is C24H34N4O4S. The van der Waals surface area contributed by atoms with Crippen LogP contribution in [0.3, 0.4) is 0 Å². The highest BCUT2D eigenvalue weighted by atomic mass is 32.2. The van der Waals surface area contributed by atoms with Crippen LogP contribution >= 0.6 is 0 Å². The Balaban J connectivity index is 1.45. The Morgan fingerprint density at radius 3 is 2.24 bits per heavy atom. The summed E-state index contributed by atoms with van der Waals surface area (Å²) in [5, 5.41) is 2.93. The third-order valence-corrected chi connectivity index (χ3v) is 7.01.